The monoisotopic (exact) mass is 344 g/mol. The molecule has 0 aromatic heterocycles. The van der Waals surface area contributed by atoms with Gasteiger partial charge in [-0.1, -0.05) is 6.92 Å². The van der Waals surface area contributed by atoms with Gasteiger partial charge in [0.05, 0.1) is 12.3 Å². The second-order valence-corrected chi connectivity index (χ2v) is 8.58. The average molecular weight is 344 g/mol. The van der Waals surface area contributed by atoms with E-state index in [1.165, 1.54) is 4.90 Å². The molecule has 0 aliphatic carbocycles. The minimum atomic E-state index is -4.12. The zero-order chi connectivity index (χ0) is 16.8. The fourth-order valence-corrected chi connectivity index (χ4v) is 3.89. The molecule has 1 aliphatic heterocycles. The normalized spacial score (nSPS) is 20.2. The van der Waals surface area contributed by atoms with E-state index in [1.807, 2.05) is 6.92 Å². The van der Waals surface area contributed by atoms with Crippen molar-refractivity contribution in [2.75, 3.05) is 37.7 Å². The van der Waals surface area contributed by atoms with E-state index in [2.05, 4.69) is 5.32 Å². The Morgan fingerprint density at radius 1 is 1.27 bits per heavy atom. The Kier molecular flexibility index (Phi) is 7.61. The molecule has 4 nitrogen and oxygen atoms in total. The van der Waals surface area contributed by atoms with Gasteiger partial charge in [0.1, 0.15) is 0 Å². The number of halogens is 3. The van der Waals surface area contributed by atoms with Gasteiger partial charge < -0.3 is 5.32 Å². The molecule has 0 aromatic carbocycles. The third-order valence-corrected chi connectivity index (χ3v) is 5.99. The van der Waals surface area contributed by atoms with Crippen molar-refractivity contribution in [3.63, 3.8) is 0 Å². The first-order valence-corrected chi connectivity index (χ1v) is 9.66. The van der Waals surface area contributed by atoms with Gasteiger partial charge in [-0.15, -0.1) is 0 Å². The molecule has 132 valence electrons. The summed E-state index contributed by atoms with van der Waals surface area (Å²) >= 11 is 0. The third kappa shape index (κ3) is 8.33. The lowest BCUT2D eigenvalue weighted by Gasteiger charge is -2.32. The van der Waals surface area contributed by atoms with E-state index in [9.17, 15) is 21.6 Å². The van der Waals surface area contributed by atoms with Gasteiger partial charge in [0, 0.05) is 11.8 Å². The lowest BCUT2D eigenvalue weighted by Crippen LogP contribution is -2.41. The van der Waals surface area contributed by atoms with Gasteiger partial charge in [-0.3, -0.25) is 4.90 Å². The summed E-state index contributed by atoms with van der Waals surface area (Å²) in [6, 6.07) is -0.0877. The molecule has 1 aliphatic rings. The maximum Gasteiger partial charge on any atom is 0.401 e. The molecule has 0 bridgehead atoms. The summed E-state index contributed by atoms with van der Waals surface area (Å²) in [5.74, 6) is 0.705. The van der Waals surface area contributed by atoms with Gasteiger partial charge in [-0.05, 0) is 51.7 Å². The van der Waals surface area contributed by atoms with E-state index in [0.717, 1.165) is 19.3 Å². The Morgan fingerprint density at radius 3 is 2.36 bits per heavy atom. The SMILES string of the molecule is CCS(=O)(=O)C[C@@H](C)NCCC1CCN(CC(F)(F)F)CC1. The summed E-state index contributed by atoms with van der Waals surface area (Å²) in [5.41, 5.74) is 0. The van der Waals surface area contributed by atoms with Crippen LogP contribution in [0.25, 0.3) is 0 Å². The second-order valence-electron chi connectivity index (χ2n) is 6.18. The summed E-state index contributed by atoms with van der Waals surface area (Å²) in [7, 11) is -2.97. The number of alkyl halides is 3. The lowest BCUT2D eigenvalue weighted by molar-refractivity contribution is -0.148. The van der Waals surface area contributed by atoms with Crippen molar-refractivity contribution < 1.29 is 21.6 Å². The molecule has 1 rings (SSSR count). The van der Waals surface area contributed by atoms with Gasteiger partial charge in [-0.25, -0.2) is 8.42 Å². The van der Waals surface area contributed by atoms with Gasteiger partial charge in [0.15, 0.2) is 9.84 Å². The van der Waals surface area contributed by atoms with Crippen molar-refractivity contribution in [2.45, 2.75) is 45.3 Å². The molecule has 1 atom stereocenters. The molecule has 1 fully saturated rings. The molecular weight excluding hydrogens is 317 g/mol. The molecule has 0 unspecified atom stereocenters. The molecule has 0 saturated carbocycles. The van der Waals surface area contributed by atoms with Crippen molar-refractivity contribution in [3.8, 4) is 0 Å². The molecule has 1 saturated heterocycles. The smallest absolute Gasteiger partial charge is 0.313 e. The highest BCUT2D eigenvalue weighted by Gasteiger charge is 2.32. The van der Waals surface area contributed by atoms with Crippen LogP contribution in [0.2, 0.25) is 0 Å². The summed E-state index contributed by atoms with van der Waals surface area (Å²) in [6.45, 7) is 4.36. The highest BCUT2D eigenvalue weighted by molar-refractivity contribution is 7.91. The van der Waals surface area contributed by atoms with E-state index in [1.54, 1.807) is 6.92 Å². The third-order valence-electron chi connectivity index (χ3n) is 4.10. The second kappa shape index (κ2) is 8.49. The molecule has 8 heteroatoms. The van der Waals surface area contributed by atoms with E-state index >= 15 is 0 Å². The molecule has 0 radical (unpaired) electrons. The highest BCUT2D eigenvalue weighted by atomic mass is 32.2. The number of rotatable bonds is 8. The van der Waals surface area contributed by atoms with Crippen LogP contribution in [0.3, 0.4) is 0 Å². The van der Waals surface area contributed by atoms with Gasteiger partial charge in [0.25, 0.3) is 0 Å². The number of nitrogens with one attached hydrogen (secondary N) is 1. The van der Waals surface area contributed by atoms with Crippen molar-refractivity contribution in [1.82, 2.24) is 10.2 Å². The summed E-state index contributed by atoms with van der Waals surface area (Å²) in [5, 5.41) is 3.20. The number of sulfone groups is 1. The van der Waals surface area contributed by atoms with Crippen LogP contribution in [0, 0.1) is 5.92 Å². The van der Waals surface area contributed by atoms with Gasteiger partial charge in [0.2, 0.25) is 0 Å². The fourth-order valence-electron chi connectivity index (χ4n) is 2.78. The fraction of sp³-hybridized carbons (Fsp3) is 1.00. The molecule has 1 heterocycles. The standard InChI is InChI=1S/C14H27F3N2O2S/c1-3-22(20,21)10-12(2)18-7-4-13-5-8-19(9-6-13)11-14(15,16)17/h12-13,18H,3-11H2,1-2H3/t12-/m1/s1. The Balaban J connectivity index is 2.17. The summed E-state index contributed by atoms with van der Waals surface area (Å²) < 4.78 is 59.9. The highest BCUT2D eigenvalue weighted by Crippen LogP contribution is 2.23. The Morgan fingerprint density at radius 2 is 1.86 bits per heavy atom. The van der Waals surface area contributed by atoms with Crippen LogP contribution >= 0.6 is 0 Å². The van der Waals surface area contributed by atoms with Crippen molar-refractivity contribution in [3.05, 3.63) is 0 Å². The lowest BCUT2D eigenvalue weighted by atomic mass is 9.93. The zero-order valence-corrected chi connectivity index (χ0v) is 14.1. The van der Waals surface area contributed by atoms with E-state index in [-0.39, 0.29) is 17.5 Å². The molecule has 0 aromatic rings. The van der Waals surface area contributed by atoms with E-state index < -0.39 is 22.6 Å². The van der Waals surface area contributed by atoms with E-state index in [4.69, 9.17) is 0 Å². The first-order chi connectivity index (χ1) is 10.1. The van der Waals surface area contributed by atoms with E-state index in [0.29, 0.717) is 25.6 Å². The van der Waals surface area contributed by atoms with Crippen LogP contribution in [0.4, 0.5) is 13.2 Å². The first kappa shape index (κ1) is 19.7. The van der Waals surface area contributed by atoms with Crippen LogP contribution in [-0.4, -0.2) is 63.2 Å². The van der Waals surface area contributed by atoms with Gasteiger partial charge in [-0.2, -0.15) is 13.2 Å². The number of piperidine rings is 1. The Labute approximate surface area is 131 Å². The maximum absolute atomic E-state index is 12.3. The Hall–Kier alpha value is -0.340. The predicted octanol–water partition coefficient (Wildman–Crippen LogP) is 2.06. The van der Waals surface area contributed by atoms with Crippen LogP contribution in [0.5, 0.6) is 0 Å². The first-order valence-electron chi connectivity index (χ1n) is 7.84. The predicted molar refractivity (Wildman–Crippen MR) is 81.6 cm³/mol. The van der Waals surface area contributed by atoms with Crippen molar-refractivity contribution >= 4 is 9.84 Å². The molecular formula is C14H27F3N2O2S. The number of likely N-dealkylation sites (tertiary alicyclic amines) is 1. The van der Waals surface area contributed by atoms with Crippen LogP contribution in [0.15, 0.2) is 0 Å². The van der Waals surface area contributed by atoms with Crippen molar-refractivity contribution in [1.29, 1.82) is 0 Å². The molecule has 1 N–H and O–H groups in total. The average Bonchev–Trinajstić information content (AvgIpc) is 2.38. The molecule has 0 spiro atoms. The molecule has 22 heavy (non-hydrogen) atoms. The minimum Gasteiger partial charge on any atom is -0.313 e. The van der Waals surface area contributed by atoms with Crippen LogP contribution in [0.1, 0.15) is 33.1 Å². The summed E-state index contributed by atoms with van der Waals surface area (Å²) in [4.78, 5) is 1.46. The van der Waals surface area contributed by atoms with Crippen LogP contribution in [-0.2, 0) is 9.84 Å². The quantitative estimate of drug-likeness (QED) is 0.732. The number of hydrogen-bond donors (Lipinski definition) is 1. The largest absolute Gasteiger partial charge is 0.401 e. The van der Waals surface area contributed by atoms with Crippen LogP contribution < -0.4 is 5.32 Å². The van der Waals surface area contributed by atoms with Gasteiger partial charge >= 0.3 is 6.18 Å². The van der Waals surface area contributed by atoms with Crippen molar-refractivity contribution in [2.24, 2.45) is 5.92 Å². The zero-order valence-electron chi connectivity index (χ0n) is 13.3. The minimum absolute atomic E-state index is 0.0877. The number of nitrogens with zero attached hydrogens (tertiary/aromatic N) is 1. The molecule has 0 amide bonds. The topological polar surface area (TPSA) is 49.4 Å². The maximum atomic E-state index is 12.3. The number of hydrogen-bond acceptors (Lipinski definition) is 4. The Bertz CT molecular complexity index is 418. The summed E-state index contributed by atoms with van der Waals surface area (Å²) in [6.07, 6.45) is -1.68.